The molecular weight excluding hydrogens is 596 g/mol. The first-order chi connectivity index (χ1) is 23.2. The summed E-state index contributed by atoms with van der Waals surface area (Å²) in [4.78, 5) is 11.5. The molecule has 5 heteroatoms. The van der Waals surface area contributed by atoms with E-state index in [1.807, 2.05) is 18.2 Å². The summed E-state index contributed by atoms with van der Waals surface area (Å²) in [6.07, 6.45) is 18.0. The lowest BCUT2D eigenvalue weighted by atomic mass is 9.82. The van der Waals surface area contributed by atoms with Crippen molar-refractivity contribution >= 4 is 5.97 Å². The number of carbonyl (C=O) groups is 1. The molecule has 2 aromatic carbocycles. The molecule has 266 valence electrons. The Kier molecular flexibility index (Phi) is 16.2. The molecule has 3 aliphatic rings. The van der Waals surface area contributed by atoms with Crippen molar-refractivity contribution in [1.29, 1.82) is 0 Å². The summed E-state index contributed by atoms with van der Waals surface area (Å²) in [5.74, 6) is 2.90. The van der Waals surface area contributed by atoms with Crippen LogP contribution in [0.25, 0.3) is 0 Å². The average Bonchev–Trinajstić information content (AvgIpc) is 3.68. The van der Waals surface area contributed by atoms with Gasteiger partial charge in [0.25, 0.3) is 0 Å². The first-order valence-electron chi connectivity index (χ1n) is 19.2. The predicted octanol–water partition coefficient (Wildman–Crippen LogP) is 8.88. The minimum absolute atomic E-state index is 0.0315. The number of aliphatic hydroxyl groups is 3. The van der Waals surface area contributed by atoms with Crippen molar-refractivity contribution in [3.63, 3.8) is 0 Å². The zero-order chi connectivity index (χ0) is 34.3. The molecule has 2 saturated carbocycles. The van der Waals surface area contributed by atoms with E-state index >= 15 is 0 Å². The number of benzene rings is 2. The first kappa shape index (κ1) is 38.3. The molecule has 0 spiro atoms. The third-order valence-corrected chi connectivity index (χ3v) is 11.6. The Hall–Kier alpha value is -2.47. The highest BCUT2D eigenvalue weighted by molar-refractivity contribution is 5.72. The van der Waals surface area contributed by atoms with Crippen LogP contribution in [0.15, 0.2) is 72.8 Å². The fraction of sp³-hybridized carbons (Fsp3) is 0.651. The van der Waals surface area contributed by atoms with Gasteiger partial charge in [-0.1, -0.05) is 113 Å². The Labute approximate surface area is 291 Å². The van der Waals surface area contributed by atoms with Crippen LogP contribution in [0.1, 0.15) is 115 Å². The molecule has 10 atom stereocenters. The van der Waals surface area contributed by atoms with E-state index in [-0.39, 0.29) is 30.0 Å². The van der Waals surface area contributed by atoms with E-state index in [1.165, 1.54) is 49.7 Å². The van der Waals surface area contributed by atoms with Crippen LogP contribution in [0.5, 0.6) is 0 Å². The molecule has 1 aliphatic heterocycles. The summed E-state index contributed by atoms with van der Waals surface area (Å²) in [6, 6.07) is 21.0. The fourth-order valence-corrected chi connectivity index (χ4v) is 8.53. The molecule has 48 heavy (non-hydrogen) atoms. The molecule has 0 aromatic heterocycles. The minimum Gasteiger partial charge on any atom is -0.462 e. The number of allylic oxidation sites excluding steroid dienone is 2. The van der Waals surface area contributed by atoms with E-state index in [2.05, 4.69) is 75.4 Å². The number of hydrogen-bond acceptors (Lipinski definition) is 5. The Morgan fingerprint density at radius 1 is 0.812 bits per heavy atom. The van der Waals surface area contributed by atoms with Gasteiger partial charge in [-0.05, 0) is 111 Å². The second-order valence-corrected chi connectivity index (χ2v) is 15.3. The van der Waals surface area contributed by atoms with Gasteiger partial charge in [-0.2, -0.15) is 0 Å². The van der Waals surface area contributed by atoms with Gasteiger partial charge in [0, 0.05) is 5.92 Å². The lowest BCUT2D eigenvalue weighted by molar-refractivity contribution is -0.141. The number of carbonyl (C=O) groups excluding carboxylic acids is 1. The van der Waals surface area contributed by atoms with Crippen LogP contribution in [0.2, 0.25) is 0 Å². The van der Waals surface area contributed by atoms with Crippen molar-refractivity contribution in [3.8, 4) is 0 Å². The van der Waals surface area contributed by atoms with Gasteiger partial charge in [-0.15, -0.1) is 0 Å². The summed E-state index contributed by atoms with van der Waals surface area (Å²) in [5, 5.41) is 30.9. The number of rotatable bonds is 17. The number of ether oxygens (including phenoxy) is 1. The smallest absolute Gasteiger partial charge is 0.306 e. The highest BCUT2D eigenvalue weighted by Crippen LogP contribution is 2.47. The molecule has 5 nitrogen and oxygen atoms in total. The Bertz CT molecular complexity index is 1200. The predicted molar refractivity (Wildman–Crippen MR) is 195 cm³/mol. The Morgan fingerprint density at radius 3 is 2.10 bits per heavy atom. The minimum atomic E-state index is -0.444. The van der Waals surface area contributed by atoms with Gasteiger partial charge in [0.15, 0.2) is 0 Å². The molecule has 1 heterocycles. The molecule has 0 bridgehead atoms. The van der Waals surface area contributed by atoms with Crippen molar-refractivity contribution in [3.05, 3.63) is 83.9 Å². The number of aliphatic hydroxyl groups excluding tert-OH is 3. The van der Waals surface area contributed by atoms with Crippen LogP contribution in [-0.4, -0.2) is 45.7 Å². The van der Waals surface area contributed by atoms with Gasteiger partial charge in [0.2, 0.25) is 0 Å². The maximum atomic E-state index is 11.5. The van der Waals surface area contributed by atoms with Gasteiger partial charge in [-0.25, -0.2) is 0 Å². The lowest BCUT2D eigenvalue weighted by Gasteiger charge is -2.23. The molecule has 3 fully saturated rings. The van der Waals surface area contributed by atoms with Gasteiger partial charge in [-0.3, -0.25) is 4.79 Å². The maximum Gasteiger partial charge on any atom is 0.306 e. The first-order valence-corrected chi connectivity index (χ1v) is 19.2. The summed E-state index contributed by atoms with van der Waals surface area (Å²) >= 11 is 0. The van der Waals surface area contributed by atoms with Crippen LogP contribution in [0.4, 0.5) is 0 Å². The van der Waals surface area contributed by atoms with E-state index in [1.54, 1.807) is 0 Å². The third-order valence-electron chi connectivity index (χ3n) is 11.6. The van der Waals surface area contributed by atoms with Crippen molar-refractivity contribution < 1.29 is 24.9 Å². The van der Waals surface area contributed by atoms with Crippen LogP contribution < -0.4 is 0 Å². The third kappa shape index (κ3) is 12.1. The average molecular weight is 661 g/mol. The zero-order valence-corrected chi connectivity index (χ0v) is 30.0. The maximum absolute atomic E-state index is 11.5. The number of esters is 1. The highest BCUT2D eigenvalue weighted by Gasteiger charge is 2.48. The van der Waals surface area contributed by atoms with Crippen LogP contribution >= 0.6 is 0 Å². The number of hydrogen-bond donors (Lipinski definition) is 3. The molecule has 3 N–H and O–H groups in total. The molecule has 5 rings (SSSR count). The molecular formula is C43H64O5. The molecule has 1 saturated heterocycles. The summed E-state index contributed by atoms with van der Waals surface area (Å²) in [5.41, 5.74) is 2.69. The monoisotopic (exact) mass is 660 g/mol. The van der Waals surface area contributed by atoms with Crippen LogP contribution in [0.3, 0.4) is 0 Å². The molecule has 0 amide bonds. The highest BCUT2D eigenvalue weighted by atomic mass is 16.6. The van der Waals surface area contributed by atoms with E-state index < -0.39 is 12.2 Å². The van der Waals surface area contributed by atoms with Crippen LogP contribution in [-0.2, 0) is 22.4 Å². The van der Waals surface area contributed by atoms with E-state index in [0.29, 0.717) is 37.0 Å². The molecule has 0 unspecified atom stereocenters. The van der Waals surface area contributed by atoms with E-state index in [4.69, 9.17) is 4.74 Å². The second kappa shape index (κ2) is 20.3. The van der Waals surface area contributed by atoms with Gasteiger partial charge < -0.3 is 20.1 Å². The number of fused-ring (bicyclic) bond motifs is 1. The second-order valence-electron chi connectivity index (χ2n) is 15.3. The molecule has 0 radical (unpaired) electrons. The Balaban J connectivity index is 0.000000219. The summed E-state index contributed by atoms with van der Waals surface area (Å²) in [7, 11) is 0. The topological polar surface area (TPSA) is 87.0 Å². The normalized spacial score (nSPS) is 29.3. The van der Waals surface area contributed by atoms with Gasteiger partial charge >= 0.3 is 5.97 Å². The van der Waals surface area contributed by atoms with E-state index in [0.717, 1.165) is 44.4 Å². The van der Waals surface area contributed by atoms with Crippen LogP contribution in [0, 0.1) is 35.5 Å². The van der Waals surface area contributed by atoms with Crippen molar-refractivity contribution in [2.75, 3.05) is 0 Å². The summed E-state index contributed by atoms with van der Waals surface area (Å²) < 4.78 is 5.46. The van der Waals surface area contributed by atoms with Crippen molar-refractivity contribution in [1.82, 2.24) is 0 Å². The van der Waals surface area contributed by atoms with Crippen molar-refractivity contribution in [2.45, 2.75) is 141 Å². The standard InChI is InChI=1S/C23H36O3.C20H28O2/c1-2-3-4-5-9-12-20-21(23(26)17-22(20)25)16-15-19(24)14-13-18-10-7-6-8-11-18;1-14(8-10-16-6-4-3-5-7-16)9-11-17-15(2)12-19-18(17)13-20(21)22-19/h5-11,19-26H,2-4,12-17H2,1H3;3-7,14-15,17-19H,8-13H2,1-2H3/b9-5-;/t19-,20+,21+,22-,23+;14-,15+,17-,18+,19-/m00/s1. The SMILES string of the molecule is CCCC/C=C\C[C@@H]1[C@@H](CC[C@@H](O)CCc2ccccc2)[C@H](O)C[C@@H]1O.C[C@@H](CCc1ccccc1)CC[C@@H]1[C@H]2CC(=O)O[C@H]2C[C@H]1C. The summed E-state index contributed by atoms with van der Waals surface area (Å²) in [6.45, 7) is 6.89. The number of unbranched alkanes of at least 4 members (excludes halogenated alkanes) is 2. The largest absolute Gasteiger partial charge is 0.462 e. The molecule has 2 aromatic rings. The molecule has 2 aliphatic carbocycles. The number of aryl methyl sites for hydroxylation is 2. The fourth-order valence-electron chi connectivity index (χ4n) is 8.53. The quantitative estimate of drug-likeness (QED) is 0.0897. The van der Waals surface area contributed by atoms with E-state index in [9.17, 15) is 20.1 Å². The zero-order valence-electron chi connectivity index (χ0n) is 30.0. The van der Waals surface area contributed by atoms with Gasteiger partial charge in [0.1, 0.15) is 6.10 Å². The Morgan fingerprint density at radius 2 is 1.44 bits per heavy atom. The van der Waals surface area contributed by atoms with Crippen molar-refractivity contribution in [2.24, 2.45) is 35.5 Å². The van der Waals surface area contributed by atoms with Gasteiger partial charge in [0.05, 0.1) is 24.7 Å². The lowest BCUT2D eigenvalue weighted by Crippen LogP contribution is -2.23.